The summed E-state index contributed by atoms with van der Waals surface area (Å²) >= 11 is 1.37. The van der Waals surface area contributed by atoms with E-state index in [0.717, 1.165) is 11.4 Å². The molecule has 1 amide bonds. The molecular formula is C12H19N3O3S. The number of carbonyl (C=O) groups excluding carboxylic acids is 1. The van der Waals surface area contributed by atoms with Crippen molar-refractivity contribution in [1.82, 2.24) is 10.3 Å². The normalized spacial score (nSPS) is 12.1. The fraction of sp³-hybridized carbons (Fsp3) is 0.583. The predicted octanol–water partition coefficient (Wildman–Crippen LogP) is 1.22. The molecule has 1 unspecified atom stereocenters. The van der Waals surface area contributed by atoms with E-state index in [2.05, 4.69) is 10.3 Å². The summed E-state index contributed by atoms with van der Waals surface area (Å²) in [6.07, 6.45) is 1.55. The van der Waals surface area contributed by atoms with Crippen molar-refractivity contribution in [2.24, 2.45) is 11.7 Å². The van der Waals surface area contributed by atoms with Crippen molar-refractivity contribution in [3.63, 3.8) is 0 Å². The first-order chi connectivity index (χ1) is 9.02. The number of thiazole rings is 1. The van der Waals surface area contributed by atoms with Gasteiger partial charge in [0, 0.05) is 24.9 Å². The Labute approximate surface area is 116 Å². The number of carboxylic acid groups (broad SMARTS) is 1. The summed E-state index contributed by atoms with van der Waals surface area (Å²) in [5.41, 5.74) is 5.82. The van der Waals surface area contributed by atoms with E-state index in [0.29, 0.717) is 25.2 Å². The van der Waals surface area contributed by atoms with E-state index in [1.807, 2.05) is 6.92 Å². The summed E-state index contributed by atoms with van der Waals surface area (Å²) in [7, 11) is 0. The van der Waals surface area contributed by atoms with Gasteiger partial charge in [0.05, 0.1) is 0 Å². The highest BCUT2D eigenvalue weighted by atomic mass is 32.1. The summed E-state index contributed by atoms with van der Waals surface area (Å²) in [5.74, 6) is -0.722. The Morgan fingerprint density at radius 2 is 2.26 bits per heavy atom. The predicted molar refractivity (Wildman–Crippen MR) is 73.0 cm³/mol. The summed E-state index contributed by atoms with van der Waals surface area (Å²) in [5, 5.41) is 13.8. The van der Waals surface area contributed by atoms with Gasteiger partial charge in [0.25, 0.3) is 5.91 Å². The molecule has 0 spiro atoms. The number of carboxylic acids is 1. The van der Waals surface area contributed by atoms with Crippen LogP contribution in [0.25, 0.3) is 0 Å². The SMILES string of the molecule is CC(CCNC(=O)c1csc(CN)n1)CCC(=O)O. The van der Waals surface area contributed by atoms with Gasteiger partial charge < -0.3 is 16.2 Å². The molecule has 0 fully saturated rings. The van der Waals surface area contributed by atoms with E-state index >= 15 is 0 Å². The number of nitrogens with two attached hydrogens (primary N) is 1. The molecule has 0 aromatic carbocycles. The number of nitrogens with zero attached hydrogens (tertiary/aromatic N) is 1. The van der Waals surface area contributed by atoms with Crippen molar-refractivity contribution in [3.05, 3.63) is 16.1 Å². The van der Waals surface area contributed by atoms with Crippen LogP contribution in [0.15, 0.2) is 5.38 Å². The third kappa shape index (κ3) is 5.80. The molecule has 0 radical (unpaired) electrons. The second kappa shape index (κ2) is 7.85. The maximum Gasteiger partial charge on any atom is 0.303 e. The van der Waals surface area contributed by atoms with Crippen LogP contribution in [0, 0.1) is 5.92 Å². The summed E-state index contributed by atoms with van der Waals surface area (Å²) in [6, 6.07) is 0. The molecule has 0 saturated heterocycles. The fourth-order valence-electron chi connectivity index (χ4n) is 1.55. The Morgan fingerprint density at radius 1 is 1.53 bits per heavy atom. The van der Waals surface area contributed by atoms with Crippen LogP contribution < -0.4 is 11.1 Å². The van der Waals surface area contributed by atoms with Crippen molar-refractivity contribution in [2.75, 3.05) is 6.54 Å². The highest BCUT2D eigenvalue weighted by Crippen LogP contribution is 2.10. The Kier molecular flexibility index (Phi) is 6.44. The molecule has 106 valence electrons. The smallest absolute Gasteiger partial charge is 0.303 e. The van der Waals surface area contributed by atoms with Crippen molar-refractivity contribution < 1.29 is 14.7 Å². The number of carbonyl (C=O) groups is 2. The minimum absolute atomic E-state index is 0.168. The topological polar surface area (TPSA) is 105 Å². The van der Waals surface area contributed by atoms with E-state index in [1.54, 1.807) is 5.38 Å². The highest BCUT2D eigenvalue weighted by Gasteiger charge is 2.10. The Morgan fingerprint density at radius 3 is 2.84 bits per heavy atom. The molecule has 0 aliphatic carbocycles. The summed E-state index contributed by atoms with van der Waals surface area (Å²) in [6.45, 7) is 2.84. The van der Waals surface area contributed by atoms with Crippen LogP contribution in [-0.4, -0.2) is 28.5 Å². The van der Waals surface area contributed by atoms with Crippen molar-refractivity contribution in [3.8, 4) is 0 Å². The van der Waals surface area contributed by atoms with Crippen LogP contribution in [0.2, 0.25) is 0 Å². The number of aromatic nitrogens is 1. The molecule has 1 aromatic heterocycles. The molecule has 0 bridgehead atoms. The molecule has 0 saturated carbocycles. The molecule has 1 rings (SSSR count). The lowest BCUT2D eigenvalue weighted by Crippen LogP contribution is -2.26. The molecule has 1 atom stereocenters. The third-order valence-corrected chi connectivity index (χ3v) is 3.60. The van der Waals surface area contributed by atoms with E-state index in [4.69, 9.17) is 10.8 Å². The third-order valence-electron chi connectivity index (χ3n) is 2.73. The first kappa shape index (κ1) is 15.6. The standard InChI is InChI=1S/C12H19N3O3S/c1-8(2-3-11(16)17)4-5-14-12(18)9-7-19-10(6-13)15-9/h7-8H,2-6,13H2,1H3,(H,14,18)(H,16,17). The second-order valence-corrected chi connectivity index (χ2v) is 5.36. The van der Waals surface area contributed by atoms with Gasteiger partial charge in [0.1, 0.15) is 10.7 Å². The largest absolute Gasteiger partial charge is 0.481 e. The molecule has 4 N–H and O–H groups in total. The van der Waals surface area contributed by atoms with Crippen LogP contribution in [0.3, 0.4) is 0 Å². The van der Waals surface area contributed by atoms with E-state index < -0.39 is 5.97 Å². The van der Waals surface area contributed by atoms with Gasteiger partial charge in [-0.25, -0.2) is 4.98 Å². The van der Waals surface area contributed by atoms with Crippen LogP contribution in [-0.2, 0) is 11.3 Å². The Bertz CT molecular complexity index is 434. The average molecular weight is 285 g/mol. The lowest BCUT2D eigenvalue weighted by atomic mass is 10.0. The molecule has 6 nitrogen and oxygen atoms in total. The van der Waals surface area contributed by atoms with Crippen molar-refractivity contribution in [2.45, 2.75) is 32.7 Å². The fourth-order valence-corrected chi connectivity index (χ4v) is 2.20. The van der Waals surface area contributed by atoms with E-state index in [-0.39, 0.29) is 18.2 Å². The molecular weight excluding hydrogens is 266 g/mol. The Hall–Kier alpha value is -1.47. The van der Waals surface area contributed by atoms with Gasteiger partial charge >= 0.3 is 5.97 Å². The van der Waals surface area contributed by atoms with Gasteiger partial charge in [-0.1, -0.05) is 6.92 Å². The number of amides is 1. The minimum atomic E-state index is -0.785. The van der Waals surface area contributed by atoms with Gasteiger partial charge in [0.2, 0.25) is 0 Å². The second-order valence-electron chi connectivity index (χ2n) is 4.41. The zero-order valence-corrected chi connectivity index (χ0v) is 11.7. The monoisotopic (exact) mass is 285 g/mol. The molecule has 0 aliphatic heterocycles. The summed E-state index contributed by atoms with van der Waals surface area (Å²) < 4.78 is 0. The number of aliphatic carboxylic acids is 1. The first-order valence-corrected chi connectivity index (χ1v) is 7.05. The maximum atomic E-state index is 11.7. The van der Waals surface area contributed by atoms with Crippen LogP contribution >= 0.6 is 11.3 Å². The lowest BCUT2D eigenvalue weighted by molar-refractivity contribution is -0.137. The van der Waals surface area contributed by atoms with Crippen molar-refractivity contribution in [1.29, 1.82) is 0 Å². The quantitative estimate of drug-likeness (QED) is 0.666. The van der Waals surface area contributed by atoms with Gasteiger partial charge in [-0.2, -0.15) is 0 Å². The minimum Gasteiger partial charge on any atom is -0.481 e. The number of hydrogen-bond donors (Lipinski definition) is 3. The zero-order valence-electron chi connectivity index (χ0n) is 10.9. The molecule has 0 aliphatic rings. The number of rotatable bonds is 8. The number of hydrogen-bond acceptors (Lipinski definition) is 5. The molecule has 19 heavy (non-hydrogen) atoms. The highest BCUT2D eigenvalue weighted by molar-refractivity contribution is 7.09. The van der Waals surface area contributed by atoms with Gasteiger partial charge in [-0.15, -0.1) is 11.3 Å². The van der Waals surface area contributed by atoms with Crippen LogP contribution in [0.5, 0.6) is 0 Å². The van der Waals surface area contributed by atoms with Gasteiger partial charge in [0.15, 0.2) is 0 Å². The molecule has 1 heterocycles. The van der Waals surface area contributed by atoms with E-state index in [9.17, 15) is 9.59 Å². The Balaban J connectivity index is 2.25. The maximum absolute atomic E-state index is 11.7. The first-order valence-electron chi connectivity index (χ1n) is 6.17. The van der Waals surface area contributed by atoms with E-state index in [1.165, 1.54) is 11.3 Å². The van der Waals surface area contributed by atoms with Gasteiger partial charge in [-0.05, 0) is 18.8 Å². The van der Waals surface area contributed by atoms with Gasteiger partial charge in [-0.3, -0.25) is 9.59 Å². The lowest BCUT2D eigenvalue weighted by Gasteiger charge is -2.10. The summed E-state index contributed by atoms with van der Waals surface area (Å²) in [4.78, 5) is 26.2. The molecule has 7 heteroatoms. The van der Waals surface area contributed by atoms with Crippen molar-refractivity contribution >= 4 is 23.2 Å². The van der Waals surface area contributed by atoms with Crippen LogP contribution in [0.4, 0.5) is 0 Å². The average Bonchev–Trinajstić information content (AvgIpc) is 2.85. The zero-order chi connectivity index (χ0) is 14.3. The molecule has 1 aromatic rings. The number of nitrogens with one attached hydrogen (secondary N) is 1. The van der Waals surface area contributed by atoms with Crippen LogP contribution in [0.1, 0.15) is 41.7 Å².